The Morgan fingerprint density at radius 1 is 1.39 bits per heavy atom. The van der Waals surface area contributed by atoms with Crippen molar-refractivity contribution in [1.82, 2.24) is 20.3 Å². The largest absolute Gasteiger partial charge is 0.480 e. The molecule has 118 valence electrons. The number of aliphatic carboxylic acids is 1. The average Bonchev–Trinajstić information content (AvgIpc) is 3.16. The maximum absolute atomic E-state index is 12.5. The number of rotatable bonds is 5. The van der Waals surface area contributed by atoms with Crippen LogP contribution in [0.15, 0.2) is 35.3 Å². The van der Waals surface area contributed by atoms with Gasteiger partial charge >= 0.3 is 5.97 Å². The van der Waals surface area contributed by atoms with Crippen molar-refractivity contribution < 1.29 is 19.1 Å². The normalized spacial score (nSPS) is 12.2. The molecule has 0 aliphatic carbocycles. The number of carboxylic acid groups (broad SMARTS) is 1. The van der Waals surface area contributed by atoms with Crippen LogP contribution in [0, 0.1) is 6.92 Å². The van der Waals surface area contributed by atoms with Gasteiger partial charge in [0, 0.05) is 12.6 Å². The van der Waals surface area contributed by atoms with E-state index in [2.05, 4.69) is 20.3 Å². The quantitative estimate of drug-likeness (QED) is 0.652. The molecule has 1 unspecified atom stereocenters. The van der Waals surface area contributed by atoms with E-state index < -0.39 is 17.9 Å². The SMILES string of the molecule is Cc1nc(C(=O)NC(Cc2ccoc2)C(=O)O)c2cc[nH]c2n1. The molecule has 0 radical (unpaired) electrons. The van der Waals surface area contributed by atoms with Crippen LogP contribution in [0.1, 0.15) is 21.9 Å². The number of fused-ring (bicyclic) bond motifs is 1. The third-order valence-corrected chi connectivity index (χ3v) is 3.37. The second kappa shape index (κ2) is 5.91. The number of nitrogens with zero attached hydrogens (tertiary/aromatic N) is 2. The number of carbonyl (C=O) groups excluding carboxylic acids is 1. The Bertz CT molecular complexity index is 854. The van der Waals surface area contributed by atoms with E-state index in [1.165, 1.54) is 12.5 Å². The number of hydrogen-bond donors (Lipinski definition) is 3. The molecule has 3 heterocycles. The van der Waals surface area contributed by atoms with Gasteiger partial charge in [0.1, 0.15) is 23.2 Å². The number of amides is 1. The van der Waals surface area contributed by atoms with Gasteiger partial charge in [0.25, 0.3) is 5.91 Å². The highest BCUT2D eigenvalue weighted by Crippen LogP contribution is 2.15. The molecule has 8 heteroatoms. The third-order valence-electron chi connectivity index (χ3n) is 3.37. The van der Waals surface area contributed by atoms with Crippen LogP contribution < -0.4 is 5.32 Å². The van der Waals surface area contributed by atoms with Crippen molar-refractivity contribution in [1.29, 1.82) is 0 Å². The number of H-pyrrole nitrogens is 1. The third kappa shape index (κ3) is 3.05. The average molecular weight is 314 g/mol. The fraction of sp³-hybridized carbons (Fsp3) is 0.200. The van der Waals surface area contributed by atoms with Gasteiger partial charge < -0.3 is 19.8 Å². The summed E-state index contributed by atoms with van der Waals surface area (Å²) in [7, 11) is 0. The number of aromatic nitrogens is 3. The predicted octanol–water partition coefficient (Wildman–Crippen LogP) is 1.29. The summed E-state index contributed by atoms with van der Waals surface area (Å²) in [6, 6.07) is 2.25. The van der Waals surface area contributed by atoms with Crippen molar-refractivity contribution in [3.63, 3.8) is 0 Å². The number of carboxylic acids is 1. The summed E-state index contributed by atoms with van der Waals surface area (Å²) < 4.78 is 4.92. The number of carbonyl (C=O) groups is 2. The molecule has 3 rings (SSSR count). The molecule has 1 atom stereocenters. The number of aryl methyl sites for hydroxylation is 1. The standard InChI is InChI=1S/C15H14N4O4/c1-8-17-12(10-2-4-16-13(10)18-8)14(20)19-11(15(21)22)6-9-3-5-23-7-9/h2-5,7,11H,6H2,1H3,(H,19,20)(H,21,22)(H,16,17,18). The second-order valence-corrected chi connectivity index (χ2v) is 5.06. The Labute approximate surface area is 130 Å². The lowest BCUT2D eigenvalue weighted by atomic mass is 10.1. The van der Waals surface area contributed by atoms with E-state index >= 15 is 0 Å². The first-order valence-corrected chi connectivity index (χ1v) is 6.91. The van der Waals surface area contributed by atoms with Gasteiger partial charge in [-0.05, 0) is 24.6 Å². The second-order valence-electron chi connectivity index (χ2n) is 5.06. The summed E-state index contributed by atoms with van der Waals surface area (Å²) in [4.78, 5) is 35.1. The van der Waals surface area contributed by atoms with E-state index in [4.69, 9.17) is 4.42 Å². The summed E-state index contributed by atoms with van der Waals surface area (Å²) in [5, 5.41) is 12.3. The van der Waals surface area contributed by atoms with E-state index in [0.29, 0.717) is 22.4 Å². The van der Waals surface area contributed by atoms with E-state index in [0.717, 1.165) is 0 Å². The smallest absolute Gasteiger partial charge is 0.326 e. The molecule has 1 amide bonds. The van der Waals surface area contributed by atoms with Gasteiger partial charge in [0.05, 0.1) is 17.9 Å². The van der Waals surface area contributed by atoms with Gasteiger partial charge in [0.2, 0.25) is 0 Å². The minimum atomic E-state index is -1.13. The Balaban J connectivity index is 1.86. The van der Waals surface area contributed by atoms with Crippen molar-refractivity contribution >= 4 is 22.9 Å². The minimum Gasteiger partial charge on any atom is -0.480 e. The summed E-state index contributed by atoms with van der Waals surface area (Å²) in [5.74, 6) is -1.27. The first kappa shape index (κ1) is 14.8. The van der Waals surface area contributed by atoms with Gasteiger partial charge in [-0.25, -0.2) is 14.8 Å². The predicted molar refractivity (Wildman–Crippen MR) is 79.9 cm³/mol. The number of aromatic amines is 1. The maximum atomic E-state index is 12.5. The van der Waals surface area contributed by atoms with Crippen LogP contribution in [0.25, 0.3) is 11.0 Å². The van der Waals surface area contributed by atoms with Gasteiger partial charge in [-0.2, -0.15) is 0 Å². The molecule has 0 spiro atoms. The maximum Gasteiger partial charge on any atom is 0.326 e. The van der Waals surface area contributed by atoms with Crippen LogP contribution in [-0.4, -0.2) is 38.0 Å². The molecule has 0 fully saturated rings. The van der Waals surface area contributed by atoms with Crippen molar-refractivity contribution in [2.45, 2.75) is 19.4 Å². The van der Waals surface area contributed by atoms with Gasteiger partial charge in [-0.3, -0.25) is 4.79 Å². The van der Waals surface area contributed by atoms with E-state index in [1.807, 2.05) is 0 Å². The minimum absolute atomic E-state index is 0.123. The topological polar surface area (TPSA) is 121 Å². The fourth-order valence-electron chi connectivity index (χ4n) is 2.30. The van der Waals surface area contributed by atoms with E-state index in [9.17, 15) is 14.7 Å². The molecule has 0 aromatic carbocycles. The Kier molecular flexibility index (Phi) is 3.80. The molecule has 0 saturated heterocycles. The number of hydrogen-bond acceptors (Lipinski definition) is 5. The molecule has 3 N–H and O–H groups in total. The van der Waals surface area contributed by atoms with Gasteiger partial charge in [-0.1, -0.05) is 0 Å². The van der Waals surface area contributed by atoms with Crippen LogP contribution >= 0.6 is 0 Å². The van der Waals surface area contributed by atoms with Crippen molar-refractivity contribution in [2.75, 3.05) is 0 Å². The highest BCUT2D eigenvalue weighted by molar-refractivity contribution is 6.04. The van der Waals surface area contributed by atoms with Crippen molar-refractivity contribution in [3.8, 4) is 0 Å². The Morgan fingerprint density at radius 3 is 2.91 bits per heavy atom. The highest BCUT2D eigenvalue weighted by Gasteiger charge is 2.24. The zero-order valence-corrected chi connectivity index (χ0v) is 12.2. The van der Waals surface area contributed by atoms with Gasteiger partial charge in [-0.15, -0.1) is 0 Å². The summed E-state index contributed by atoms with van der Waals surface area (Å²) >= 11 is 0. The first-order valence-electron chi connectivity index (χ1n) is 6.91. The molecule has 0 saturated carbocycles. The first-order chi connectivity index (χ1) is 11.0. The zero-order valence-electron chi connectivity index (χ0n) is 12.2. The summed E-state index contributed by atoms with van der Waals surface area (Å²) in [5.41, 5.74) is 1.36. The lowest BCUT2D eigenvalue weighted by molar-refractivity contribution is -0.139. The van der Waals surface area contributed by atoms with Crippen LogP contribution in [-0.2, 0) is 11.2 Å². The molecular formula is C15H14N4O4. The zero-order chi connectivity index (χ0) is 16.4. The van der Waals surface area contributed by atoms with E-state index in [-0.39, 0.29) is 12.1 Å². The Morgan fingerprint density at radius 2 is 2.22 bits per heavy atom. The van der Waals surface area contributed by atoms with Crippen LogP contribution in [0.4, 0.5) is 0 Å². The monoisotopic (exact) mass is 314 g/mol. The molecule has 0 bridgehead atoms. The van der Waals surface area contributed by atoms with Crippen LogP contribution in [0.2, 0.25) is 0 Å². The van der Waals surface area contributed by atoms with Crippen LogP contribution in [0.3, 0.4) is 0 Å². The molecule has 23 heavy (non-hydrogen) atoms. The number of nitrogens with one attached hydrogen (secondary N) is 2. The molecule has 0 aliphatic heterocycles. The molecule has 8 nitrogen and oxygen atoms in total. The molecular weight excluding hydrogens is 300 g/mol. The number of furan rings is 1. The van der Waals surface area contributed by atoms with E-state index in [1.54, 1.807) is 25.3 Å². The fourth-order valence-corrected chi connectivity index (χ4v) is 2.30. The lowest BCUT2D eigenvalue weighted by Gasteiger charge is -2.13. The molecule has 0 aliphatic rings. The highest BCUT2D eigenvalue weighted by atomic mass is 16.4. The van der Waals surface area contributed by atoms with Gasteiger partial charge in [0.15, 0.2) is 0 Å². The molecule has 3 aromatic heterocycles. The Hall–Kier alpha value is -3.16. The molecule has 3 aromatic rings. The van der Waals surface area contributed by atoms with Crippen molar-refractivity contribution in [3.05, 3.63) is 47.9 Å². The summed E-state index contributed by atoms with van der Waals surface area (Å²) in [6.07, 6.45) is 4.67. The summed E-state index contributed by atoms with van der Waals surface area (Å²) in [6.45, 7) is 1.66. The lowest BCUT2D eigenvalue weighted by Crippen LogP contribution is -2.42. The van der Waals surface area contributed by atoms with Crippen molar-refractivity contribution in [2.24, 2.45) is 0 Å². The van der Waals surface area contributed by atoms with Crippen LogP contribution in [0.5, 0.6) is 0 Å².